The lowest BCUT2D eigenvalue weighted by atomic mass is 9.68. The van der Waals surface area contributed by atoms with E-state index in [0.717, 1.165) is 38.0 Å². The molecule has 150 valence electrons. The molecule has 27 heavy (non-hydrogen) atoms. The first-order chi connectivity index (χ1) is 13.1. The second-order valence-corrected chi connectivity index (χ2v) is 8.34. The summed E-state index contributed by atoms with van der Waals surface area (Å²) in [5.74, 6) is -1.29. The molecule has 0 N–H and O–H groups in total. The van der Waals surface area contributed by atoms with Gasteiger partial charge in [-0.15, -0.1) is 0 Å². The lowest BCUT2D eigenvalue weighted by Crippen LogP contribution is -2.25. The van der Waals surface area contributed by atoms with Gasteiger partial charge in [0.15, 0.2) is 17.5 Å². The lowest BCUT2D eigenvalue weighted by molar-refractivity contribution is 0.171. The molecule has 1 aromatic carbocycles. The van der Waals surface area contributed by atoms with E-state index in [1.807, 2.05) is 0 Å². The summed E-state index contributed by atoms with van der Waals surface area (Å²) in [7, 11) is 0. The maximum Gasteiger partial charge on any atom is 0.194 e. The van der Waals surface area contributed by atoms with Crippen LogP contribution in [0.4, 0.5) is 17.6 Å². The minimum absolute atomic E-state index is 0.139. The van der Waals surface area contributed by atoms with Gasteiger partial charge in [0, 0.05) is 0 Å². The zero-order chi connectivity index (χ0) is 19.2. The van der Waals surface area contributed by atoms with Gasteiger partial charge in [0.1, 0.15) is 0 Å². The van der Waals surface area contributed by atoms with Crippen LogP contribution in [0, 0.1) is 35.2 Å². The van der Waals surface area contributed by atoms with Gasteiger partial charge in [-0.05, 0) is 106 Å². The first kappa shape index (κ1) is 20.4. The van der Waals surface area contributed by atoms with E-state index in [-0.39, 0.29) is 12.6 Å². The largest absolute Gasteiger partial charge is 0.251 e. The van der Waals surface area contributed by atoms with Crippen LogP contribution >= 0.6 is 0 Å². The molecule has 0 unspecified atom stereocenters. The quantitative estimate of drug-likeness (QED) is 0.207. The Bertz CT molecular complexity index is 600. The molecule has 0 amide bonds. The van der Waals surface area contributed by atoms with Gasteiger partial charge < -0.3 is 0 Å². The fourth-order valence-corrected chi connectivity index (χ4v) is 5.03. The highest BCUT2D eigenvalue weighted by Gasteiger charge is 2.31. The van der Waals surface area contributed by atoms with Gasteiger partial charge >= 0.3 is 0 Å². The molecule has 2 aliphatic carbocycles. The van der Waals surface area contributed by atoms with Crippen molar-refractivity contribution in [3.63, 3.8) is 0 Å². The van der Waals surface area contributed by atoms with Crippen molar-refractivity contribution in [1.82, 2.24) is 0 Å². The predicted molar refractivity (Wildman–Crippen MR) is 101 cm³/mol. The zero-order valence-electron chi connectivity index (χ0n) is 15.9. The first-order valence-electron chi connectivity index (χ1n) is 10.5. The van der Waals surface area contributed by atoms with Crippen molar-refractivity contribution in [3.05, 3.63) is 47.3 Å². The number of allylic oxidation sites excluding steroid dienone is 2. The van der Waals surface area contributed by atoms with E-state index in [4.69, 9.17) is 0 Å². The summed E-state index contributed by atoms with van der Waals surface area (Å²) >= 11 is 0. The van der Waals surface area contributed by atoms with Crippen LogP contribution in [0.3, 0.4) is 0 Å². The Morgan fingerprint density at radius 2 is 1.37 bits per heavy atom. The number of unbranched alkanes of at least 4 members (excludes halogenated alkanes) is 1. The van der Waals surface area contributed by atoms with Crippen LogP contribution in [-0.4, -0.2) is 6.67 Å². The third-order valence-corrected chi connectivity index (χ3v) is 6.65. The second-order valence-electron chi connectivity index (χ2n) is 8.34. The number of hydrogen-bond donors (Lipinski definition) is 0. The monoisotopic (exact) mass is 382 g/mol. The summed E-state index contributed by atoms with van der Waals surface area (Å²) in [6.07, 6.45) is 14.8. The molecule has 2 aliphatic rings. The molecule has 4 heteroatoms. The molecule has 0 saturated heterocycles. The smallest absolute Gasteiger partial charge is 0.194 e. The first-order valence-corrected chi connectivity index (χ1v) is 10.5. The molecule has 0 radical (unpaired) electrons. The van der Waals surface area contributed by atoms with Gasteiger partial charge in [-0.25, -0.2) is 13.2 Å². The summed E-state index contributed by atoms with van der Waals surface area (Å²) in [5.41, 5.74) is 0.604. The molecule has 2 fully saturated rings. The highest BCUT2D eigenvalue weighted by molar-refractivity contribution is 5.23. The maximum atomic E-state index is 13.5. The van der Waals surface area contributed by atoms with E-state index in [2.05, 4.69) is 12.2 Å². The Balaban J connectivity index is 1.46. The highest BCUT2D eigenvalue weighted by atomic mass is 19.2. The summed E-state index contributed by atoms with van der Waals surface area (Å²) in [6, 6.07) is 2.34. The Kier molecular flexibility index (Phi) is 7.37. The minimum Gasteiger partial charge on any atom is -0.251 e. The summed E-state index contributed by atoms with van der Waals surface area (Å²) in [6.45, 7) is -0.239. The minimum atomic E-state index is -1.37. The average Bonchev–Trinajstić information content (AvgIpc) is 2.70. The third kappa shape index (κ3) is 5.36. The van der Waals surface area contributed by atoms with Crippen LogP contribution < -0.4 is 0 Å². The van der Waals surface area contributed by atoms with Crippen molar-refractivity contribution in [2.24, 2.45) is 17.8 Å². The fraction of sp³-hybridized carbons (Fsp3) is 0.652. The molecule has 0 heterocycles. The van der Waals surface area contributed by atoms with Crippen molar-refractivity contribution < 1.29 is 17.6 Å². The molecule has 0 aromatic heterocycles. The topological polar surface area (TPSA) is 0 Å². The molecule has 0 aliphatic heterocycles. The van der Waals surface area contributed by atoms with E-state index in [1.54, 1.807) is 0 Å². The zero-order valence-corrected chi connectivity index (χ0v) is 15.9. The second kappa shape index (κ2) is 9.75. The van der Waals surface area contributed by atoms with Crippen LogP contribution in [-0.2, 0) is 0 Å². The van der Waals surface area contributed by atoms with Gasteiger partial charge in [-0.2, -0.15) is 0 Å². The van der Waals surface area contributed by atoms with Crippen LogP contribution in [0.2, 0.25) is 0 Å². The van der Waals surface area contributed by atoms with E-state index in [1.165, 1.54) is 37.8 Å². The normalized spacial score (nSPS) is 29.3. The number of hydrogen-bond acceptors (Lipinski definition) is 0. The van der Waals surface area contributed by atoms with Crippen LogP contribution in [0.25, 0.3) is 0 Å². The van der Waals surface area contributed by atoms with Gasteiger partial charge in [-0.3, -0.25) is 4.39 Å². The van der Waals surface area contributed by atoms with E-state index >= 15 is 0 Å². The molecule has 0 atom stereocenters. The molecule has 0 spiro atoms. The summed E-state index contributed by atoms with van der Waals surface area (Å²) in [4.78, 5) is 0. The Morgan fingerprint density at radius 1 is 0.815 bits per heavy atom. The van der Waals surface area contributed by atoms with Gasteiger partial charge in [-0.1, -0.05) is 12.2 Å². The summed E-state index contributed by atoms with van der Waals surface area (Å²) in [5, 5.41) is 0. The van der Waals surface area contributed by atoms with E-state index < -0.39 is 17.5 Å². The van der Waals surface area contributed by atoms with E-state index in [0.29, 0.717) is 23.8 Å². The maximum absolute atomic E-state index is 13.5. The molecular formula is C23H30F4. The molecule has 0 nitrogen and oxygen atoms in total. The summed E-state index contributed by atoms with van der Waals surface area (Å²) < 4.78 is 52.3. The van der Waals surface area contributed by atoms with Crippen LogP contribution in [0.5, 0.6) is 0 Å². The van der Waals surface area contributed by atoms with Crippen molar-refractivity contribution in [2.75, 3.05) is 6.67 Å². The standard InChI is InChI=1S/C23H30F4/c24-13-3-1-2-4-16-5-7-17(8-6-16)18-9-11-19(12-10-18)20-14-21(25)23(27)22(26)15-20/h2,4,14-19H,1,3,5-13H2. The van der Waals surface area contributed by atoms with Crippen molar-refractivity contribution in [3.8, 4) is 0 Å². The highest BCUT2D eigenvalue weighted by Crippen LogP contribution is 2.44. The Labute approximate surface area is 160 Å². The average molecular weight is 382 g/mol. The van der Waals surface area contributed by atoms with E-state index in [9.17, 15) is 17.6 Å². The molecule has 1 aromatic rings. The van der Waals surface area contributed by atoms with Crippen molar-refractivity contribution in [2.45, 2.75) is 70.1 Å². The van der Waals surface area contributed by atoms with Crippen molar-refractivity contribution >= 4 is 0 Å². The van der Waals surface area contributed by atoms with Crippen LogP contribution in [0.15, 0.2) is 24.3 Å². The predicted octanol–water partition coefficient (Wildman–Crippen LogP) is 7.49. The Morgan fingerprint density at radius 3 is 1.93 bits per heavy atom. The molecule has 2 saturated carbocycles. The third-order valence-electron chi connectivity index (χ3n) is 6.65. The lowest BCUT2D eigenvalue weighted by Gasteiger charge is -2.37. The molecule has 3 rings (SSSR count). The molecule has 0 bridgehead atoms. The van der Waals surface area contributed by atoms with Gasteiger partial charge in [0.2, 0.25) is 0 Å². The van der Waals surface area contributed by atoms with Gasteiger partial charge in [0.25, 0.3) is 0 Å². The number of rotatable bonds is 6. The van der Waals surface area contributed by atoms with Crippen LogP contribution in [0.1, 0.15) is 75.7 Å². The fourth-order valence-electron chi connectivity index (χ4n) is 5.03. The van der Waals surface area contributed by atoms with Crippen molar-refractivity contribution in [1.29, 1.82) is 0 Å². The number of alkyl halides is 1. The Hall–Kier alpha value is -1.32. The number of benzene rings is 1. The van der Waals surface area contributed by atoms with Gasteiger partial charge in [0.05, 0.1) is 6.67 Å². The molecular weight excluding hydrogens is 352 g/mol. The number of halogens is 4. The SMILES string of the molecule is FCCCC=CC1CCC(C2CCC(c3cc(F)c(F)c(F)c3)CC2)CC1.